The molecule has 106 valence electrons. The molecule has 0 aliphatic carbocycles. The predicted molar refractivity (Wildman–Crippen MR) is 83.0 cm³/mol. The Morgan fingerprint density at radius 3 is 2.76 bits per heavy atom. The van der Waals surface area contributed by atoms with Crippen LogP contribution in [0.2, 0.25) is 0 Å². The van der Waals surface area contributed by atoms with Crippen molar-refractivity contribution in [2.24, 2.45) is 0 Å². The molecule has 0 saturated carbocycles. The SMILES string of the molecule is C=CC(=O)NCCCCOc1cccc2ccccc12.[H-].[Na+]. The average Bonchev–Trinajstić information content (AvgIpc) is 2.50. The summed E-state index contributed by atoms with van der Waals surface area (Å²) in [7, 11) is 0. The van der Waals surface area contributed by atoms with E-state index in [0.717, 1.165) is 24.0 Å². The Morgan fingerprint density at radius 2 is 1.95 bits per heavy atom. The van der Waals surface area contributed by atoms with Crippen LogP contribution < -0.4 is 39.6 Å². The molecule has 0 fully saturated rings. The Morgan fingerprint density at radius 1 is 1.19 bits per heavy atom. The van der Waals surface area contributed by atoms with E-state index in [1.54, 1.807) is 0 Å². The van der Waals surface area contributed by atoms with Crippen molar-refractivity contribution in [3.63, 3.8) is 0 Å². The standard InChI is InChI=1S/C17H19NO2.Na.H/c1-2-17(19)18-12-5-6-13-20-16-11-7-9-14-8-3-4-10-15(14)16;;/h2-4,7-11H,1,5-6,12-13H2,(H,18,19);;/q;+1;-1. The zero-order valence-corrected chi connectivity index (χ0v) is 14.5. The van der Waals surface area contributed by atoms with E-state index in [1.165, 1.54) is 11.5 Å². The number of ether oxygens (including phenoxy) is 1. The van der Waals surface area contributed by atoms with Crippen LogP contribution in [-0.4, -0.2) is 19.1 Å². The molecule has 2 rings (SSSR count). The van der Waals surface area contributed by atoms with E-state index in [9.17, 15) is 4.79 Å². The molecule has 1 N–H and O–H groups in total. The Hall–Kier alpha value is -1.29. The fraction of sp³-hybridized carbons (Fsp3) is 0.235. The molecule has 0 radical (unpaired) electrons. The molecule has 2 aromatic carbocycles. The van der Waals surface area contributed by atoms with Crippen molar-refractivity contribution >= 4 is 16.7 Å². The smallest absolute Gasteiger partial charge is 1.00 e. The van der Waals surface area contributed by atoms with Crippen LogP contribution in [0.25, 0.3) is 10.8 Å². The maximum Gasteiger partial charge on any atom is 1.00 e. The maximum absolute atomic E-state index is 11.0. The summed E-state index contributed by atoms with van der Waals surface area (Å²) >= 11 is 0. The third-order valence-corrected chi connectivity index (χ3v) is 3.06. The summed E-state index contributed by atoms with van der Waals surface area (Å²) in [6, 6.07) is 14.2. The minimum atomic E-state index is -0.125. The average molecular weight is 293 g/mol. The Balaban J connectivity index is 0.00000220. The summed E-state index contributed by atoms with van der Waals surface area (Å²) in [5, 5.41) is 5.07. The molecule has 0 aliphatic heterocycles. The van der Waals surface area contributed by atoms with E-state index in [2.05, 4.69) is 30.1 Å². The van der Waals surface area contributed by atoms with Gasteiger partial charge in [-0.2, -0.15) is 0 Å². The van der Waals surface area contributed by atoms with Gasteiger partial charge in [0.2, 0.25) is 5.91 Å². The molecule has 2 aromatic rings. The third-order valence-electron chi connectivity index (χ3n) is 3.06. The van der Waals surface area contributed by atoms with Crippen LogP contribution in [0, 0.1) is 0 Å². The van der Waals surface area contributed by atoms with Gasteiger partial charge in [-0.25, -0.2) is 0 Å². The van der Waals surface area contributed by atoms with E-state index in [4.69, 9.17) is 4.74 Å². The summed E-state index contributed by atoms with van der Waals surface area (Å²) in [6.45, 7) is 4.71. The molecule has 0 aromatic heterocycles. The van der Waals surface area contributed by atoms with Crippen LogP contribution in [0.15, 0.2) is 55.1 Å². The van der Waals surface area contributed by atoms with Crippen molar-refractivity contribution in [3.8, 4) is 5.75 Å². The Kier molecular flexibility index (Phi) is 8.13. The zero-order valence-electron chi connectivity index (χ0n) is 13.5. The van der Waals surface area contributed by atoms with Gasteiger partial charge in [-0.05, 0) is 30.4 Å². The number of amides is 1. The van der Waals surface area contributed by atoms with Gasteiger partial charge in [-0.1, -0.05) is 43.0 Å². The van der Waals surface area contributed by atoms with Crippen LogP contribution in [0.1, 0.15) is 14.3 Å². The summed E-state index contributed by atoms with van der Waals surface area (Å²) in [5.41, 5.74) is 0. The fourth-order valence-electron chi connectivity index (χ4n) is 2.01. The molecule has 0 heterocycles. The molecule has 3 nitrogen and oxygen atoms in total. The minimum Gasteiger partial charge on any atom is -1.00 e. The molecule has 0 spiro atoms. The molecular weight excluding hydrogens is 273 g/mol. The number of nitrogens with one attached hydrogen (secondary N) is 1. The van der Waals surface area contributed by atoms with Gasteiger partial charge >= 0.3 is 29.6 Å². The van der Waals surface area contributed by atoms with Gasteiger partial charge in [0, 0.05) is 11.9 Å². The monoisotopic (exact) mass is 293 g/mol. The first kappa shape index (κ1) is 17.8. The second-order valence-corrected chi connectivity index (χ2v) is 4.53. The van der Waals surface area contributed by atoms with Gasteiger partial charge in [0.1, 0.15) is 5.75 Å². The van der Waals surface area contributed by atoms with Crippen LogP contribution in [0.4, 0.5) is 0 Å². The van der Waals surface area contributed by atoms with E-state index in [1.807, 2.05) is 24.3 Å². The molecule has 1 amide bonds. The first-order chi connectivity index (χ1) is 9.81. The summed E-state index contributed by atoms with van der Waals surface area (Å²) in [6.07, 6.45) is 3.08. The normalized spacial score (nSPS) is 9.71. The molecule has 21 heavy (non-hydrogen) atoms. The third kappa shape index (κ3) is 5.54. The largest absolute Gasteiger partial charge is 1.00 e. The quantitative estimate of drug-likeness (QED) is 0.456. The van der Waals surface area contributed by atoms with Gasteiger partial charge < -0.3 is 11.5 Å². The number of hydrogen-bond donors (Lipinski definition) is 1. The van der Waals surface area contributed by atoms with Crippen molar-refractivity contribution in [1.29, 1.82) is 0 Å². The second kappa shape index (κ2) is 9.61. The predicted octanol–water partition coefficient (Wildman–Crippen LogP) is 0.417. The van der Waals surface area contributed by atoms with Gasteiger partial charge in [0.25, 0.3) is 0 Å². The molecular formula is C17H20NNaO2. The van der Waals surface area contributed by atoms with Gasteiger partial charge in [0.05, 0.1) is 6.61 Å². The molecule has 0 aliphatic rings. The topological polar surface area (TPSA) is 38.3 Å². The van der Waals surface area contributed by atoms with Crippen LogP contribution in [0.3, 0.4) is 0 Å². The Bertz CT molecular complexity index is 599. The minimum absolute atomic E-state index is 0. The van der Waals surface area contributed by atoms with Crippen molar-refractivity contribution in [3.05, 3.63) is 55.1 Å². The van der Waals surface area contributed by atoms with Crippen LogP contribution in [0.5, 0.6) is 5.75 Å². The van der Waals surface area contributed by atoms with Gasteiger partial charge in [0.15, 0.2) is 0 Å². The number of unbranched alkanes of at least 4 members (excludes halogenated alkanes) is 1. The molecule has 0 saturated heterocycles. The number of benzene rings is 2. The fourth-order valence-corrected chi connectivity index (χ4v) is 2.01. The van der Waals surface area contributed by atoms with Crippen molar-refractivity contribution in [2.45, 2.75) is 12.8 Å². The molecule has 4 heteroatoms. The van der Waals surface area contributed by atoms with E-state index in [-0.39, 0.29) is 36.9 Å². The van der Waals surface area contributed by atoms with Crippen LogP contribution in [-0.2, 0) is 4.79 Å². The number of rotatable bonds is 7. The van der Waals surface area contributed by atoms with Gasteiger partial charge in [-0.3, -0.25) is 4.79 Å². The summed E-state index contributed by atoms with van der Waals surface area (Å²) in [4.78, 5) is 11.0. The molecule has 0 bridgehead atoms. The molecule has 0 atom stereocenters. The van der Waals surface area contributed by atoms with Crippen molar-refractivity contribution in [2.75, 3.05) is 13.2 Å². The van der Waals surface area contributed by atoms with Crippen LogP contribution >= 0.6 is 0 Å². The number of carbonyl (C=O) groups excluding carboxylic acids is 1. The maximum atomic E-state index is 11.0. The summed E-state index contributed by atoms with van der Waals surface area (Å²) < 4.78 is 5.82. The Labute approximate surface area is 149 Å². The van der Waals surface area contributed by atoms with Gasteiger partial charge in [-0.15, -0.1) is 0 Å². The summed E-state index contributed by atoms with van der Waals surface area (Å²) in [5.74, 6) is 0.790. The number of hydrogen-bond acceptors (Lipinski definition) is 2. The number of carbonyl (C=O) groups is 1. The van der Waals surface area contributed by atoms with E-state index >= 15 is 0 Å². The van der Waals surface area contributed by atoms with Crippen molar-refractivity contribution < 1.29 is 40.5 Å². The van der Waals surface area contributed by atoms with E-state index in [0.29, 0.717) is 13.2 Å². The van der Waals surface area contributed by atoms with E-state index < -0.39 is 0 Å². The first-order valence-electron chi connectivity index (χ1n) is 6.82. The zero-order chi connectivity index (χ0) is 14.2. The van der Waals surface area contributed by atoms with Crippen molar-refractivity contribution in [1.82, 2.24) is 5.32 Å². The second-order valence-electron chi connectivity index (χ2n) is 4.53. The number of fused-ring (bicyclic) bond motifs is 1. The molecule has 0 unspecified atom stereocenters. The first-order valence-corrected chi connectivity index (χ1v) is 6.82.